The third kappa shape index (κ3) is 3.99. The Kier molecular flexibility index (Phi) is 6.05. The first-order valence-electron chi connectivity index (χ1n) is 11.6. The second-order valence-electron chi connectivity index (χ2n) is 9.87. The monoisotopic (exact) mass is 464 g/mol. The van der Waals surface area contributed by atoms with Crippen molar-refractivity contribution in [3.05, 3.63) is 61.4 Å². The molecular formula is C25H32N6O3. The van der Waals surface area contributed by atoms with Crippen molar-refractivity contribution in [1.82, 2.24) is 19.7 Å². The summed E-state index contributed by atoms with van der Waals surface area (Å²) in [5, 5.41) is 11.2. The van der Waals surface area contributed by atoms with Crippen LogP contribution in [0, 0.1) is 19.3 Å². The maximum atomic E-state index is 12.7. The highest BCUT2D eigenvalue weighted by molar-refractivity contribution is 5.95. The highest BCUT2D eigenvalue weighted by Gasteiger charge is 2.41. The molecule has 1 aromatic carbocycles. The number of nitrogens with one attached hydrogen (secondary N) is 2. The normalized spacial score (nSPS) is 15.9. The molecule has 1 aliphatic carbocycles. The zero-order valence-corrected chi connectivity index (χ0v) is 20.7. The molecular weight excluding hydrogens is 432 g/mol. The van der Waals surface area contributed by atoms with E-state index in [0.29, 0.717) is 16.9 Å². The Labute approximate surface area is 198 Å². The maximum absolute atomic E-state index is 12.7. The average molecular weight is 465 g/mol. The number of aryl methyl sites for hydroxylation is 2. The lowest BCUT2D eigenvalue weighted by Gasteiger charge is -2.35. The zero-order chi connectivity index (χ0) is 24.8. The topological polar surface area (TPSA) is 109 Å². The van der Waals surface area contributed by atoms with Gasteiger partial charge >= 0.3 is 0 Å². The Morgan fingerprint density at radius 2 is 1.79 bits per heavy atom. The highest BCUT2D eigenvalue weighted by Crippen LogP contribution is 2.49. The van der Waals surface area contributed by atoms with Crippen molar-refractivity contribution >= 4 is 23.0 Å². The van der Waals surface area contributed by atoms with Gasteiger partial charge in [-0.25, -0.2) is 0 Å². The molecule has 9 heteroatoms. The molecule has 3 aromatic rings. The van der Waals surface area contributed by atoms with Crippen LogP contribution in [0.1, 0.15) is 66.0 Å². The van der Waals surface area contributed by atoms with E-state index in [0.717, 1.165) is 36.9 Å². The predicted molar refractivity (Wildman–Crippen MR) is 133 cm³/mol. The van der Waals surface area contributed by atoms with Crippen molar-refractivity contribution in [2.75, 3.05) is 24.7 Å². The molecule has 4 rings (SSSR count). The summed E-state index contributed by atoms with van der Waals surface area (Å²) in [6, 6.07) is 1.49. The molecule has 34 heavy (non-hydrogen) atoms. The third-order valence-electron chi connectivity index (χ3n) is 7.04. The maximum Gasteiger partial charge on any atom is 0.272 e. The summed E-state index contributed by atoms with van der Waals surface area (Å²) < 4.78 is 1.78. The summed E-state index contributed by atoms with van der Waals surface area (Å²) in [4.78, 5) is 43.4. The molecule has 2 aromatic heterocycles. The van der Waals surface area contributed by atoms with Crippen molar-refractivity contribution in [3.8, 4) is 0 Å². The van der Waals surface area contributed by atoms with Gasteiger partial charge in [-0.1, -0.05) is 19.8 Å². The van der Waals surface area contributed by atoms with Crippen molar-refractivity contribution < 1.29 is 4.79 Å². The summed E-state index contributed by atoms with van der Waals surface area (Å²) in [7, 11) is 5.20. The van der Waals surface area contributed by atoms with Gasteiger partial charge < -0.3 is 15.5 Å². The Morgan fingerprint density at radius 1 is 1.15 bits per heavy atom. The van der Waals surface area contributed by atoms with E-state index >= 15 is 0 Å². The minimum absolute atomic E-state index is 0.0893. The first-order chi connectivity index (χ1) is 16.0. The minimum Gasteiger partial charge on any atom is -0.371 e. The van der Waals surface area contributed by atoms with Gasteiger partial charge in [0.1, 0.15) is 17.1 Å². The second-order valence-corrected chi connectivity index (χ2v) is 9.87. The van der Waals surface area contributed by atoms with E-state index in [2.05, 4.69) is 22.5 Å². The van der Waals surface area contributed by atoms with E-state index in [9.17, 15) is 14.4 Å². The van der Waals surface area contributed by atoms with Crippen molar-refractivity contribution in [2.24, 2.45) is 12.5 Å². The first kappa shape index (κ1) is 23.7. The number of aromatic nitrogens is 3. The molecule has 0 unspecified atom stereocenters. The Balaban J connectivity index is 1.70. The molecule has 0 radical (unpaired) electrons. The van der Waals surface area contributed by atoms with Crippen LogP contribution in [0.3, 0.4) is 0 Å². The molecule has 1 saturated carbocycles. The smallest absolute Gasteiger partial charge is 0.272 e. The molecule has 1 amide bonds. The van der Waals surface area contributed by atoms with Crippen LogP contribution in [0.15, 0.2) is 28.0 Å². The van der Waals surface area contributed by atoms with Gasteiger partial charge in [-0.3, -0.25) is 24.0 Å². The predicted octanol–water partition coefficient (Wildman–Crippen LogP) is 3.21. The van der Waals surface area contributed by atoms with Crippen LogP contribution in [0.2, 0.25) is 0 Å². The first-order valence-corrected chi connectivity index (χ1v) is 11.6. The van der Waals surface area contributed by atoms with Gasteiger partial charge in [0, 0.05) is 44.8 Å². The quantitative estimate of drug-likeness (QED) is 0.517. The van der Waals surface area contributed by atoms with Crippen molar-refractivity contribution in [3.63, 3.8) is 0 Å². The Bertz CT molecular complexity index is 1310. The Hall–Kier alpha value is -3.49. The van der Waals surface area contributed by atoms with Gasteiger partial charge in [-0.2, -0.15) is 5.10 Å². The van der Waals surface area contributed by atoms with E-state index in [1.165, 1.54) is 11.1 Å². The molecule has 2 N–H and O–H groups in total. The molecule has 1 atom stereocenters. The van der Waals surface area contributed by atoms with Gasteiger partial charge in [-0.05, 0) is 43.7 Å². The van der Waals surface area contributed by atoms with E-state index in [1.54, 1.807) is 31.8 Å². The number of amides is 1. The number of carbonyl (C=O) groups is 1. The second kappa shape index (κ2) is 8.70. The van der Waals surface area contributed by atoms with Gasteiger partial charge in [0.05, 0.1) is 11.7 Å². The zero-order valence-electron chi connectivity index (χ0n) is 20.7. The van der Waals surface area contributed by atoms with Crippen LogP contribution in [-0.2, 0) is 7.05 Å². The van der Waals surface area contributed by atoms with Crippen LogP contribution in [0.5, 0.6) is 0 Å². The van der Waals surface area contributed by atoms with Gasteiger partial charge in [-0.15, -0.1) is 0 Å². The number of carbonyl (C=O) groups excluding carboxylic acids is 1. The molecule has 2 heterocycles. The minimum atomic E-state index is -0.577. The van der Waals surface area contributed by atoms with Crippen molar-refractivity contribution in [1.29, 1.82) is 0 Å². The van der Waals surface area contributed by atoms with Crippen LogP contribution >= 0.6 is 0 Å². The van der Waals surface area contributed by atoms with Crippen LogP contribution in [0.4, 0.5) is 17.1 Å². The largest absolute Gasteiger partial charge is 0.371 e. The summed E-state index contributed by atoms with van der Waals surface area (Å²) >= 11 is 0. The van der Waals surface area contributed by atoms with E-state index < -0.39 is 10.9 Å². The standard InChI is InChI=1S/C25H32N6O3/c1-14-13-31(6)29-17(14)23(25(3)10-7-8-11-25)28-20-19(21(32)22(20)33)27-16-9-12-26-18(15(16)2)24(34)30(4)5/h9,12-13,23,28H,7-8,10-11H2,1-6H3,(H,26,27)/t23-/m0/s1. The van der Waals surface area contributed by atoms with Crippen LogP contribution in [0.25, 0.3) is 0 Å². The van der Waals surface area contributed by atoms with Gasteiger partial charge in [0.25, 0.3) is 16.8 Å². The number of hydrogen-bond donors (Lipinski definition) is 2. The fourth-order valence-electron chi connectivity index (χ4n) is 4.98. The third-order valence-corrected chi connectivity index (χ3v) is 7.04. The lowest BCUT2D eigenvalue weighted by Crippen LogP contribution is -2.40. The van der Waals surface area contributed by atoms with Gasteiger partial charge in [0.15, 0.2) is 0 Å². The summed E-state index contributed by atoms with van der Waals surface area (Å²) in [5.74, 6) is -0.232. The van der Waals surface area contributed by atoms with Crippen LogP contribution in [-0.4, -0.2) is 39.7 Å². The summed E-state index contributed by atoms with van der Waals surface area (Å²) in [6.07, 6.45) is 7.75. The molecule has 0 bridgehead atoms. The van der Waals surface area contributed by atoms with E-state index in [1.807, 2.05) is 20.2 Å². The fourth-order valence-corrected chi connectivity index (χ4v) is 4.98. The number of hydrogen-bond acceptors (Lipinski definition) is 7. The number of anilines is 3. The fraction of sp³-hybridized carbons (Fsp3) is 0.480. The van der Waals surface area contributed by atoms with Crippen molar-refractivity contribution in [2.45, 2.75) is 52.5 Å². The van der Waals surface area contributed by atoms with Crippen LogP contribution < -0.4 is 21.5 Å². The lowest BCUT2D eigenvalue weighted by atomic mass is 9.78. The average Bonchev–Trinajstić information content (AvgIpc) is 3.38. The molecule has 180 valence electrons. The number of pyridine rings is 1. The molecule has 0 spiro atoms. The Morgan fingerprint density at radius 3 is 2.38 bits per heavy atom. The lowest BCUT2D eigenvalue weighted by molar-refractivity contribution is 0.0821. The molecule has 0 aliphatic heterocycles. The summed E-state index contributed by atoms with van der Waals surface area (Å²) in [6.45, 7) is 6.00. The number of nitrogens with zero attached hydrogens (tertiary/aromatic N) is 4. The molecule has 1 aliphatic rings. The molecule has 0 saturated heterocycles. The SMILES string of the molecule is Cc1cn(C)nc1[C@H](Nc1c(Nc2ccnc(C(=O)N(C)C)c2C)c(=O)c1=O)C1(C)CCCC1. The molecule has 1 fully saturated rings. The number of rotatable bonds is 7. The summed E-state index contributed by atoms with van der Waals surface area (Å²) in [5.41, 5.74) is 2.67. The van der Waals surface area contributed by atoms with E-state index in [4.69, 9.17) is 5.10 Å². The van der Waals surface area contributed by atoms with Gasteiger partial charge in [0.2, 0.25) is 0 Å². The highest BCUT2D eigenvalue weighted by atomic mass is 16.2. The molecule has 9 nitrogen and oxygen atoms in total. The van der Waals surface area contributed by atoms with E-state index in [-0.39, 0.29) is 28.7 Å².